The number of amides is 3. The molecular formula is C17H24N2O5. The van der Waals surface area contributed by atoms with E-state index in [0.717, 1.165) is 5.56 Å². The minimum atomic E-state index is -0.690. The molecular weight excluding hydrogens is 312 g/mol. The molecule has 0 unspecified atom stereocenters. The molecule has 1 rings (SSSR count). The molecule has 0 aliphatic heterocycles. The van der Waals surface area contributed by atoms with Crippen molar-refractivity contribution >= 4 is 17.9 Å². The van der Waals surface area contributed by atoms with Gasteiger partial charge in [0.05, 0.1) is 13.0 Å². The highest BCUT2D eigenvalue weighted by Gasteiger charge is 2.16. The molecule has 0 aliphatic rings. The molecule has 24 heavy (non-hydrogen) atoms. The maximum absolute atomic E-state index is 11.5. The van der Waals surface area contributed by atoms with E-state index in [9.17, 15) is 14.4 Å². The number of rotatable bonds is 6. The smallest absolute Gasteiger partial charge is 0.321 e. The van der Waals surface area contributed by atoms with E-state index in [0.29, 0.717) is 5.75 Å². The maximum atomic E-state index is 11.5. The first-order chi connectivity index (χ1) is 11.2. The van der Waals surface area contributed by atoms with Crippen molar-refractivity contribution in [3.05, 3.63) is 29.8 Å². The van der Waals surface area contributed by atoms with Crippen molar-refractivity contribution in [2.45, 2.75) is 39.7 Å². The van der Waals surface area contributed by atoms with Gasteiger partial charge in [-0.05, 0) is 39.8 Å². The Morgan fingerprint density at radius 2 is 1.71 bits per heavy atom. The summed E-state index contributed by atoms with van der Waals surface area (Å²) < 4.78 is 10.2. The molecule has 1 aromatic rings. The predicted molar refractivity (Wildman–Crippen MR) is 88.7 cm³/mol. The molecule has 132 valence electrons. The molecule has 0 spiro atoms. The van der Waals surface area contributed by atoms with Gasteiger partial charge in [-0.2, -0.15) is 0 Å². The second-order valence-electron chi connectivity index (χ2n) is 6.32. The molecule has 7 heteroatoms. The highest BCUT2D eigenvalue weighted by atomic mass is 16.5. The van der Waals surface area contributed by atoms with Gasteiger partial charge in [0, 0.05) is 5.54 Å². The largest absolute Gasteiger partial charge is 0.493 e. The molecule has 0 fully saturated rings. The molecule has 7 nitrogen and oxygen atoms in total. The Bertz CT molecular complexity index is 576. The average Bonchev–Trinajstić information content (AvgIpc) is 2.45. The predicted octanol–water partition coefficient (Wildman–Crippen LogP) is 1.93. The molecule has 0 bridgehead atoms. The summed E-state index contributed by atoms with van der Waals surface area (Å²) in [6, 6.07) is 6.79. The van der Waals surface area contributed by atoms with E-state index in [-0.39, 0.29) is 13.0 Å². The molecule has 0 saturated carbocycles. The number of aryl methyl sites for hydroxylation is 1. The monoisotopic (exact) mass is 336 g/mol. The first-order valence-corrected chi connectivity index (χ1v) is 7.63. The van der Waals surface area contributed by atoms with Gasteiger partial charge in [-0.3, -0.25) is 14.9 Å². The van der Waals surface area contributed by atoms with Crippen molar-refractivity contribution in [1.29, 1.82) is 0 Å². The van der Waals surface area contributed by atoms with Crippen LogP contribution in [0.1, 0.15) is 32.8 Å². The lowest BCUT2D eigenvalue weighted by Crippen LogP contribution is -2.49. The van der Waals surface area contributed by atoms with Crippen molar-refractivity contribution in [1.82, 2.24) is 10.6 Å². The molecule has 0 aromatic heterocycles. The zero-order chi connectivity index (χ0) is 18.2. The zero-order valence-electron chi connectivity index (χ0n) is 14.5. The van der Waals surface area contributed by atoms with Crippen LogP contribution in [0.4, 0.5) is 4.79 Å². The number of nitrogens with one attached hydrogen (secondary N) is 2. The van der Waals surface area contributed by atoms with Crippen molar-refractivity contribution in [3.8, 4) is 5.75 Å². The number of ether oxygens (including phenoxy) is 2. The van der Waals surface area contributed by atoms with Crippen molar-refractivity contribution in [2.24, 2.45) is 0 Å². The van der Waals surface area contributed by atoms with Crippen LogP contribution in [0.15, 0.2) is 24.3 Å². The summed E-state index contributed by atoms with van der Waals surface area (Å²) in [5.41, 5.74) is 0.650. The Balaban J connectivity index is 2.20. The summed E-state index contributed by atoms with van der Waals surface area (Å²) in [7, 11) is 0. The first-order valence-electron chi connectivity index (χ1n) is 7.63. The Morgan fingerprint density at radius 1 is 1.08 bits per heavy atom. The van der Waals surface area contributed by atoms with Crippen LogP contribution in [-0.2, 0) is 14.3 Å². The Hall–Kier alpha value is -2.57. The molecule has 0 saturated heterocycles. The van der Waals surface area contributed by atoms with E-state index in [2.05, 4.69) is 10.6 Å². The van der Waals surface area contributed by atoms with Crippen LogP contribution in [0.5, 0.6) is 5.75 Å². The van der Waals surface area contributed by atoms with Gasteiger partial charge < -0.3 is 14.8 Å². The van der Waals surface area contributed by atoms with E-state index in [1.165, 1.54) is 0 Å². The summed E-state index contributed by atoms with van der Waals surface area (Å²) in [5, 5.41) is 4.64. The van der Waals surface area contributed by atoms with Gasteiger partial charge in [0.1, 0.15) is 5.75 Å². The average molecular weight is 336 g/mol. The second-order valence-corrected chi connectivity index (χ2v) is 6.32. The summed E-state index contributed by atoms with van der Waals surface area (Å²) in [5.74, 6) is -0.608. The fourth-order valence-corrected chi connectivity index (χ4v) is 1.64. The van der Waals surface area contributed by atoms with Gasteiger partial charge in [0.15, 0.2) is 6.61 Å². The Labute approximate surface area is 141 Å². The summed E-state index contributed by atoms with van der Waals surface area (Å²) in [4.78, 5) is 34.5. The standard InChI is InChI=1S/C17H24N2O5/c1-12-5-7-13(8-6-12)23-10-9-15(21)24-11-14(20)18-16(22)19-17(2,3)4/h5-8H,9-11H2,1-4H3,(H2,18,19,20,22). The number of carbonyl (C=O) groups excluding carboxylic acids is 3. The molecule has 3 amide bonds. The molecule has 0 atom stereocenters. The zero-order valence-corrected chi connectivity index (χ0v) is 14.5. The molecule has 1 aromatic carbocycles. The van der Waals surface area contributed by atoms with Crippen LogP contribution >= 0.6 is 0 Å². The number of carbonyl (C=O) groups is 3. The van der Waals surface area contributed by atoms with E-state index in [1.54, 1.807) is 20.8 Å². The summed E-state index contributed by atoms with van der Waals surface area (Å²) in [6.45, 7) is 6.95. The van der Waals surface area contributed by atoms with Gasteiger partial charge >= 0.3 is 12.0 Å². The molecule has 2 N–H and O–H groups in total. The Morgan fingerprint density at radius 3 is 2.29 bits per heavy atom. The first kappa shape index (κ1) is 19.5. The number of hydrogen-bond acceptors (Lipinski definition) is 5. The van der Waals surface area contributed by atoms with Crippen molar-refractivity contribution in [2.75, 3.05) is 13.2 Å². The van der Waals surface area contributed by atoms with Crippen molar-refractivity contribution < 1.29 is 23.9 Å². The molecule has 0 heterocycles. The van der Waals surface area contributed by atoms with Crippen LogP contribution in [0.2, 0.25) is 0 Å². The molecule has 0 radical (unpaired) electrons. The fraction of sp³-hybridized carbons (Fsp3) is 0.471. The van der Waals surface area contributed by atoms with Gasteiger partial charge in [0.25, 0.3) is 5.91 Å². The second kappa shape index (κ2) is 8.90. The van der Waals surface area contributed by atoms with Crippen LogP contribution in [0, 0.1) is 6.92 Å². The van der Waals surface area contributed by atoms with Crippen LogP contribution in [0.25, 0.3) is 0 Å². The minimum absolute atomic E-state index is 0.00927. The van der Waals surface area contributed by atoms with Gasteiger partial charge in [0.2, 0.25) is 0 Å². The van der Waals surface area contributed by atoms with E-state index >= 15 is 0 Å². The van der Waals surface area contributed by atoms with Gasteiger partial charge in [-0.25, -0.2) is 4.79 Å². The number of benzene rings is 1. The quantitative estimate of drug-likeness (QED) is 0.774. The lowest BCUT2D eigenvalue weighted by Gasteiger charge is -2.20. The third kappa shape index (κ3) is 8.77. The van der Waals surface area contributed by atoms with Crippen LogP contribution < -0.4 is 15.4 Å². The van der Waals surface area contributed by atoms with E-state index in [1.807, 2.05) is 31.2 Å². The third-order valence-electron chi connectivity index (χ3n) is 2.70. The van der Waals surface area contributed by atoms with Crippen LogP contribution in [0.3, 0.4) is 0 Å². The van der Waals surface area contributed by atoms with Crippen molar-refractivity contribution in [3.63, 3.8) is 0 Å². The minimum Gasteiger partial charge on any atom is -0.493 e. The van der Waals surface area contributed by atoms with E-state index < -0.39 is 30.1 Å². The number of esters is 1. The molecule has 0 aliphatic carbocycles. The number of imide groups is 1. The Kier molecular flexibility index (Phi) is 7.23. The highest BCUT2D eigenvalue weighted by molar-refractivity contribution is 5.95. The number of urea groups is 1. The highest BCUT2D eigenvalue weighted by Crippen LogP contribution is 2.11. The number of hydrogen-bond donors (Lipinski definition) is 2. The lowest BCUT2D eigenvalue weighted by molar-refractivity contribution is -0.148. The topological polar surface area (TPSA) is 93.7 Å². The maximum Gasteiger partial charge on any atom is 0.321 e. The van der Waals surface area contributed by atoms with E-state index in [4.69, 9.17) is 9.47 Å². The van der Waals surface area contributed by atoms with Crippen LogP contribution in [-0.4, -0.2) is 36.7 Å². The third-order valence-corrected chi connectivity index (χ3v) is 2.70. The summed E-state index contributed by atoms with van der Waals surface area (Å²) in [6.07, 6.45) is 0.00927. The van der Waals surface area contributed by atoms with Gasteiger partial charge in [-0.15, -0.1) is 0 Å². The van der Waals surface area contributed by atoms with Gasteiger partial charge in [-0.1, -0.05) is 17.7 Å². The fourth-order valence-electron chi connectivity index (χ4n) is 1.64. The SMILES string of the molecule is Cc1ccc(OCCC(=O)OCC(=O)NC(=O)NC(C)(C)C)cc1. The lowest BCUT2D eigenvalue weighted by atomic mass is 10.1. The summed E-state index contributed by atoms with van der Waals surface area (Å²) >= 11 is 0. The normalized spacial score (nSPS) is 10.7.